The highest BCUT2D eigenvalue weighted by Crippen LogP contribution is 2.17. The molecule has 0 fully saturated rings. The van der Waals surface area contributed by atoms with Gasteiger partial charge in [-0.2, -0.15) is 0 Å². The van der Waals surface area contributed by atoms with Gasteiger partial charge in [0.15, 0.2) is 0 Å². The van der Waals surface area contributed by atoms with E-state index in [0.29, 0.717) is 16.1 Å². The second-order valence-electron chi connectivity index (χ2n) is 5.52. The molecule has 2 N–H and O–H groups in total. The molecule has 0 saturated carbocycles. The quantitative estimate of drug-likeness (QED) is 0.693. The zero-order chi connectivity index (χ0) is 17.6. The summed E-state index contributed by atoms with van der Waals surface area (Å²) in [4.78, 5) is 25.2. The fraction of sp³-hybridized carbons (Fsp3) is 0.100. The van der Waals surface area contributed by atoms with E-state index >= 15 is 0 Å². The summed E-state index contributed by atoms with van der Waals surface area (Å²) < 4.78 is 0. The molecule has 0 bridgehead atoms. The van der Waals surface area contributed by atoms with Crippen molar-refractivity contribution < 1.29 is 9.59 Å². The molecule has 0 spiro atoms. The Morgan fingerprint density at radius 3 is 2.32 bits per heavy atom. The van der Waals surface area contributed by atoms with Crippen LogP contribution in [0.3, 0.4) is 0 Å². The summed E-state index contributed by atoms with van der Waals surface area (Å²) >= 11 is 1.37. The second kappa shape index (κ2) is 7.77. The lowest BCUT2D eigenvalue weighted by atomic mass is 10.1. The number of carbonyl (C=O) groups is 2. The van der Waals surface area contributed by atoms with Gasteiger partial charge in [0.25, 0.3) is 11.8 Å². The molecule has 0 aliphatic carbocycles. The minimum atomic E-state index is -0.212. The first-order valence-corrected chi connectivity index (χ1v) is 8.89. The minimum absolute atomic E-state index is 0.178. The largest absolute Gasteiger partial charge is 0.322 e. The third-order valence-electron chi connectivity index (χ3n) is 3.75. The van der Waals surface area contributed by atoms with Crippen LogP contribution in [0.5, 0.6) is 0 Å². The van der Waals surface area contributed by atoms with Gasteiger partial charge >= 0.3 is 0 Å². The maximum Gasteiger partial charge on any atom is 0.265 e. The second-order valence-corrected chi connectivity index (χ2v) is 6.46. The van der Waals surface area contributed by atoms with E-state index in [1.165, 1.54) is 16.9 Å². The van der Waals surface area contributed by atoms with Gasteiger partial charge in [-0.15, -0.1) is 11.3 Å². The van der Waals surface area contributed by atoms with Crippen LogP contribution in [0.1, 0.15) is 32.5 Å². The summed E-state index contributed by atoms with van der Waals surface area (Å²) in [6.45, 7) is 2.09. The van der Waals surface area contributed by atoms with Crippen molar-refractivity contribution >= 4 is 34.5 Å². The lowest BCUT2D eigenvalue weighted by Gasteiger charge is -2.08. The van der Waals surface area contributed by atoms with Gasteiger partial charge < -0.3 is 10.6 Å². The zero-order valence-corrected chi connectivity index (χ0v) is 14.6. The fourth-order valence-electron chi connectivity index (χ4n) is 2.37. The molecular weight excluding hydrogens is 332 g/mol. The smallest absolute Gasteiger partial charge is 0.265 e. The summed E-state index contributed by atoms with van der Waals surface area (Å²) in [5, 5.41) is 7.53. The predicted octanol–water partition coefficient (Wildman–Crippen LogP) is 4.82. The van der Waals surface area contributed by atoms with Crippen molar-refractivity contribution in [3.05, 3.63) is 82.0 Å². The van der Waals surface area contributed by atoms with Crippen molar-refractivity contribution in [1.29, 1.82) is 0 Å². The third-order valence-corrected chi connectivity index (χ3v) is 4.62. The van der Waals surface area contributed by atoms with Gasteiger partial charge in [-0.25, -0.2) is 0 Å². The topological polar surface area (TPSA) is 58.2 Å². The van der Waals surface area contributed by atoms with Crippen LogP contribution < -0.4 is 10.6 Å². The molecule has 0 unspecified atom stereocenters. The summed E-state index contributed by atoms with van der Waals surface area (Å²) in [7, 11) is 0. The van der Waals surface area contributed by atoms with Gasteiger partial charge in [0, 0.05) is 16.9 Å². The molecule has 0 atom stereocenters. The fourth-order valence-corrected chi connectivity index (χ4v) is 2.98. The maximum atomic E-state index is 12.4. The number of benzene rings is 2. The van der Waals surface area contributed by atoms with Crippen molar-refractivity contribution in [3.63, 3.8) is 0 Å². The number of rotatable bonds is 5. The first-order valence-electron chi connectivity index (χ1n) is 8.01. The molecule has 3 rings (SSSR count). The number of amides is 2. The number of nitrogens with one attached hydrogen (secondary N) is 2. The highest BCUT2D eigenvalue weighted by atomic mass is 32.1. The van der Waals surface area contributed by atoms with Gasteiger partial charge in [-0.1, -0.05) is 31.2 Å². The molecular formula is C20H18N2O2S. The minimum Gasteiger partial charge on any atom is -0.322 e. The average Bonchev–Trinajstić information content (AvgIpc) is 3.17. The maximum absolute atomic E-state index is 12.4. The van der Waals surface area contributed by atoms with E-state index in [2.05, 4.69) is 17.6 Å². The van der Waals surface area contributed by atoms with Crippen LogP contribution in [-0.4, -0.2) is 11.8 Å². The number of thiophene rings is 1. The first-order chi connectivity index (χ1) is 12.2. The van der Waals surface area contributed by atoms with E-state index in [1.54, 1.807) is 30.3 Å². The first kappa shape index (κ1) is 16.9. The van der Waals surface area contributed by atoms with Gasteiger partial charge in [0.2, 0.25) is 0 Å². The molecule has 3 aromatic rings. The summed E-state index contributed by atoms with van der Waals surface area (Å²) in [6.07, 6.45) is 0.959. The van der Waals surface area contributed by atoms with E-state index < -0.39 is 0 Å². The van der Waals surface area contributed by atoms with Crippen molar-refractivity contribution in [2.24, 2.45) is 0 Å². The lowest BCUT2D eigenvalue weighted by molar-refractivity contribution is 0.101. The van der Waals surface area contributed by atoms with Crippen LogP contribution in [-0.2, 0) is 6.42 Å². The summed E-state index contributed by atoms with van der Waals surface area (Å²) in [5.41, 5.74) is 3.04. The predicted molar refractivity (Wildman–Crippen MR) is 102 cm³/mol. The van der Waals surface area contributed by atoms with Crippen LogP contribution in [0.4, 0.5) is 11.4 Å². The van der Waals surface area contributed by atoms with E-state index in [1.807, 2.05) is 35.7 Å². The van der Waals surface area contributed by atoms with Gasteiger partial charge in [0.05, 0.1) is 4.88 Å². The number of hydrogen-bond donors (Lipinski definition) is 2. The monoisotopic (exact) mass is 350 g/mol. The SMILES string of the molecule is CCc1ccc(NC(=O)c2cccc(NC(=O)c3cccs3)c2)cc1. The van der Waals surface area contributed by atoms with E-state index in [0.717, 1.165) is 12.1 Å². The van der Waals surface area contributed by atoms with Gasteiger partial charge in [-0.05, 0) is 53.8 Å². The lowest BCUT2D eigenvalue weighted by Crippen LogP contribution is -2.14. The number of anilines is 2. The van der Waals surface area contributed by atoms with Crippen molar-refractivity contribution in [2.45, 2.75) is 13.3 Å². The highest BCUT2D eigenvalue weighted by Gasteiger charge is 2.10. The molecule has 126 valence electrons. The Morgan fingerprint density at radius 1 is 0.880 bits per heavy atom. The van der Waals surface area contributed by atoms with Crippen molar-refractivity contribution in [1.82, 2.24) is 0 Å². The number of hydrogen-bond acceptors (Lipinski definition) is 3. The Bertz CT molecular complexity index is 871. The van der Waals surface area contributed by atoms with Crippen molar-refractivity contribution in [3.8, 4) is 0 Å². The van der Waals surface area contributed by atoms with Crippen LogP contribution in [0, 0.1) is 0 Å². The van der Waals surface area contributed by atoms with Crippen molar-refractivity contribution in [2.75, 3.05) is 10.6 Å². The Hall–Kier alpha value is -2.92. The Morgan fingerprint density at radius 2 is 1.64 bits per heavy atom. The molecule has 0 radical (unpaired) electrons. The average molecular weight is 350 g/mol. The number of carbonyl (C=O) groups excluding carboxylic acids is 2. The summed E-state index contributed by atoms with van der Waals surface area (Å²) in [6, 6.07) is 18.2. The van der Waals surface area contributed by atoms with Crippen LogP contribution >= 0.6 is 11.3 Å². The molecule has 2 aromatic carbocycles. The van der Waals surface area contributed by atoms with E-state index in [-0.39, 0.29) is 11.8 Å². The normalized spacial score (nSPS) is 10.3. The van der Waals surface area contributed by atoms with Gasteiger partial charge in [-0.3, -0.25) is 9.59 Å². The van der Waals surface area contributed by atoms with E-state index in [4.69, 9.17) is 0 Å². The molecule has 0 saturated heterocycles. The van der Waals surface area contributed by atoms with Gasteiger partial charge in [0.1, 0.15) is 0 Å². The highest BCUT2D eigenvalue weighted by molar-refractivity contribution is 7.12. The zero-order valence-electron chi connectivity index (χ0n) is 13.8. The Kier molecular flexibility index (Phi) is 5.26. The molecule has 4 nitrogen and oxygen atoms in total. The van der Waals surface area contributed by atoms with Crippen LogP contribution in [0.25, 0.3) is 0 Å². The molecule has 0 aliphatic rings. The Balaban J connectivity index is 1.69. The van der Waals surface area contributed by atoms with Crippen LogP contribution in [0.15, 0.2) is 66.0 Å². The van der Waals surface area contributed by atoms with Crippen LogP contribution in [0.2, 0.25) is 0 Å². The molecule has 25 heavy (non-hydrogen) atoms. The Labute approximate surface area is 150 Å². The summed E-state index contributed by atoms with van der Waals surface area (Å²) in [5.74, 6) is -0.390. The molecule has 0 aliphatic heterocycles. The molecule has 1 aromatic heterocycles. The standard InChI is InChI=1S/C20H18N2O2S/c1-2-14-8-10-16(11-9-14)21-19(23)15-5-3-6-17(13-15)22-20(24)18-7-4-12-25-18/h3-13H,2H2,1H3,(H,21,23)(H,22,24). The van der Waals surface area contributed by atoms with E-state index in [9.17, 15) is 9.59 Å². The molecule has 5 heteroatoms. The molecule has 2 amide bonds. The molecule has 1 heterocycles. The number of aryl methyl sites for hydroxylation is 1. The third kappa shape index (κ3) is 4.33.